The zero-order valence-electron chi connectivity index (χ0n) is 13.3. The molecule has 0 bridgehead atoms. The van der Waals surface area contributed by atoms with Crippen molar-refractivity contribution in [2.24, 2.45) is 0 Å². The van der Waals surface area contributed by atoms with E-state index in [-0.39, 0.29) is 0 Å². The van der Waals surface area contributed by atoms with Crippen LogP contribution in [0.25, 0.3) is 0 Å². The lowest BCUT2D eigenvalue weighted by atomic mass is 9.98. The van der Waals surface area contributed by atoms with Gasteiger partial charge in [-0.3, -0.25) is 5.32 Å². The van der Waals surface area contributed by atoms with Gasteiger partial charge in [0, 0.05) is 7.11 Å². The van der Waals surface area contributed by atoms with E-state index < -0.39 is 5.54 Å². The van der Waals surface area contributed by atoms with E-state index >= 15 is 0 Å². The van der Waals surface area contributed by atoms with Crippen molar-refractivity contribution in [1.29, 1.82) is 5.26 Å². The van der Waals surface area contributed by atoms with Crippen molar-refractivity contribution < 1.29 is 9.47 Å². The monoisotopic (exact) mass is 290 g/mol. The van der Waals surface area contributed by atoms with Crippen molar-refractivity contribution in [2.45, 2.75) is 45.3 Å². The topological polar surface area (TPSA) is 54.3 Å². The molecule has 4 heteroatoms. The Labute approximate surface area is 128 Å². The Bertz CT molecular complexity index is 456. The van der Waals surface area contributed by atoms with E-state index in [1.165, 1.54) is 0 Å². The lowest BCUT2D eigenvalue weighted by Crippen LogP contribution is -2.41. The van der Waals surface area contributed by atoms with Crippen LogP contribution in [-0.2, 0) is 11.3 Å². The molecule has 0 aliphatic rings. The van der Waals surface area contributed by atoms with Gasteiger partial charge in [-0.1, -0.05) is 19.1 Å². The van der Waals surface area contributed by atoms with Gasteiger partial charge in [0.05, 0.1) is 19.3 Å². The summed E-state index contributed by atoms with van der Waals surface area (Å²) >= 11 is 0. The molecule has 1 aromatic rings. The highest BCUT2D eigenvalue weighted by atomic mass is 16.5. The number of methoxy groups -OCH3 is 1. The highest BCUT2D eigenvalue weighted by Crippen LogP contribution is 2.16. The van der Waals surface area contributed by atoms with Gasteiger partial charge in [-0.2, -0.15) is 5.26 Å². The molecule has 0 saturated heterocycles. The molecule has 0 amide bonds. The Balaban J connectivity index is 2.36. The smallest absolute Gasteiger partial charge is 0.119 e. The van der Waals surface area contributed by atoms with Crippen molar-refractivity contribution in [1.82, 2.24) is 5.32 Å². The predicted octanol–water partition coefficient (Wildman–Crippen LogP) is 3.27. The van der Waals surface area contributed by atoms with E-state index in [1.807, 2.05) is 31.2 Å². The zero-order valence-corrected chi connectivity index (χ0v) is 13.3. The lowest BCUT2D eigenvalue weighted by Gasteiger charge is -2.23. The molecule has 1 unspecified atom stereocenters. The van der Waals surface area contributed by atoms with Crippen molar-refractivity contribution >= 4 is 0 Å². The van der Waals surface area contributed by atoms with E-state index in [0.717, 1.165) is 37.1 Å². The molecular weight excluding hydrogens is 264 g/mol. The molecule has 1 atom stereocenters. The summed E-state index contributed by atoms with van der Waals surface area (Å²) in [5, 5.41) is 12.5. The maximum absolute atomic E-state index is 9.26. The zero-order chi connectivity index (χ0) is 15.6. The first-order valence-corrected chi connectivity index (χ1v) is 7.50. The summed E-state index contributed by atoms with van der Waals surface area (Å²) in [6.07, 6.45) is 2.65. The van der Waals surface area contributed by atoms with Crippen LogP contribution in [-0.4, -0.2) is 25.8 Å². The second-order valence-corrected chi connectivity index (χ2v) is 5.40. The van der Waals surface area contributed by atoms with Gasteiger partial charge in [0.1, 0.15) is 11.3 Å². The lowest BCUT2D eigenvalue weighted by molar-refractivity contribution is 0.184. The molecule has 0 aliphatic carbocycles. The minimum absolute atomic E-state index is 0.461. The second-order valence-electron chi connectivity index (χ2n) is 5.40. The molecular formula is C17H26N2O2. The predicted molar refractivity (Wildman–Crippen MR) is 84.2 cm³/mol. The molecule has 0 aromatic heterocycles. The number of nitrogens with zero attached hydrogens (tertiary/aromatic N) is 1. The third-order valence-corrected chi connectivity index (χ3v) is 3.31. The van der Waals surface area contributed by atoms with Crippen LogP contribution in [0, 0.1) is 11.3 Å². The minimum atomic E-state index is -0.461. The normalized spacial score (nSPS) is 13.4. The van der Waals surface area contributed by atoms with Crippen molar-refractivity contribution in [3.63, 3.8) is 0 Å². The van der Waals surface area contributed by atoms with Gasteiger partial charge in [0.2, 0.25) is 0 Å². The van der Waals surface area contributed by atoms with E-state index in [4.69, 9.17) is 9.47 Å². The van der Waals surface area contributed by atoms with Gasteiger partial charge in [-0.25, -0.2) is 0 Å². The van der Waals surface area contributed by atoms with Crippen LogP contribution in [0.1, 0.15) is 38.7 Å². The first-order chi connectivity index (χ1) is 10.1. The van der Waals surface area contributed by atoms with Crippen LogP contribution >= 0.6 is 0 Å². The Morgan fingerprint density at radius 3 is 2.86 bits per heavy atom. The van der Waals surface area contributed by atoms with E-state index in [9.17, 15) is 5.26 Å². The van der Waals surface area contributed by atoms with Gasteiger partial charge < -0.3 is 9.47 Å². The van der Waals surface area contributed by atoms with Crippen LogP contribution in [0.2, 0.25) is 0 Å². The molecule has 0 heterocycles. The summed E-state index contributed by atoms with van der Waals surface area (Å²) in [5.41, 5.74) is 0.638. The number of ether oxygens (including phenoxy) is 2. The number of benzene rings is 1. The molecule has 1 N–H and O–H groups in total. The van der Waals surface area contributed by atoms with Crippen LogP contribution in [0.5, 0.6) is 5.75 Å². The molecule has 0 saturated carbocycles. The summed E-state index contributed by atoms with van der Waals surface area (Å²) in [7, 11) is 1.68. The number of rotatable bonds is 10. The first kappa shape index (κ1) is 17.5. The molecule has 1 rings (SSSR count). The number of nitrogens with one attached hydrogen (secondary N) is 1. The van der Waals surface area contributed by atoms with Crippen LogP contribution in [0.4, 0.5) is 0 Å². The quantitative estimate of drug-likeness (QED) is 0.672. The molecule has 1 aromatic carbocycles. The van der Waals surface area contributed by atoms with Crippen LogP contribution < -0.4 is 10.1 Å². The van der Waals surface area contributed by atoms with Gasteiger partial charge in [-0.05, 0) is 50.4 Å². The fourth-order valence-corrected chi connectivity index (χ4v) is 2.09. The molecule has 0 aliphatic heterocycles. The van der Waals surface area contributed by atoms with Crippen LogP contribution in [0.15, 0.2) is 24.3 Å². The average Bonchev–Trinajstić information content (AvgIpc) is 2.50. The summed E-state index contributed by atoms with van der Waals surface area (Å²) < 4.78 is 10.9. The average molecular weight is 290 g/mol. The Morgan fingerprint density at radius 1 is 1.38 bits per heavy atom. The summed E-state index contributed by atoms with van der Waals surface area (Å²) in [6.45, 7) is 6.11. The van der Waals surface area contributed by atoms with E-state index in [0.29, 0.717) is 13.2 Å². The Hall–Kier alpha value is -1.57. The highest BCUT2D eigenvalue weighted by Gasteiger charge is 2.21. The molecule has 0 spiro atoms. The van der Waals surface area contributed by atoms with Crippen molar-refractivity contribution in [2.75, 3.05) is 20.3 Å². The standard InChI is InChI=1S/C17H26N2O2/c1-4-10-19-17(2,14-18)9-6-11-21-16-8-5-7-15(12-16)13-20-3/h5,7-8,12,19H,4,6,9-11,13H2,1-3H3. The molecule has 4 nitrogen and oxygen atoms in total. The summed E-state index contributed by atoms with van der Waals surface area (Å²) in [4.78, 5) is 0. The maximum Gasteiger partial charge on any atom is 0.119 e. The van der Waals surface area contributed by atoms with E-state index in [1.54, 1.807) is 7.11 Å². The number of nitriles is 1. The molecule has 0 radical (unpaired) electrons. The van der Waals surface area contributed by atoms with E-state index in [2.05, 4.69) is 18.3 Å². The maximum atomic E-state index is 9.26. The van der Waals surface area contributed by atoms with Gasteiger partial charge in [0.25, 0.3) is 0 Å². The molecule has 116 valence electrons. The summed E-state index contributed by atoms with van der Waals surface area (Å²) in [5.74, 6) is 0.852. The number of hydrogen-bond acceptors (Lipinski definition) is 4. The fourth-order valence-electron chi connectivity index (χ4n) is 2.09. The fraction of sp³-hybridized carbons (Fsp3) is 0.588. The third kappa shape index (κ3) is 6.61. The summed E-state index contributed by atoms with van der Waals surface area (Å²) in [6, 6.07) is 10.3. The van der Waals surface area contributed by atoms with Crippen molar-refractivity contribution in [3.05, 3.63) is 29.8 Å². The highest BCUT2D eigenvalue weighted by molar-refractivity contribution is 5.28. The Kier molecular flexibility index (Phi) is 7.81. The van der Waals surface area contributed by atoms with Crippen LogP contribution in [0.3, 0.4) is 0 Å². The molecule has 21 heavy (non-hydrogen) atoms. The van der Waals surface area contributed by atoms with Gasteiger partial charge >= 0.3 is 0 Å². The SMILES string of the molecule is CCCNC(C)(C#N)CCCOc1cccc(COC)c1. The van der Waals surface area contributed by atoms with Gasteiger partial charge in [-0.15, -0.1) is 0 Å². The minimum Gasteiger partial charge on any atom is -0.494 e. The van der Waals surface area contributed by atoms with Crippen molar-refractivity contribution in [3.8, 4) is 11.8 Å². The number of hydrogen-bond donors (Lipinski definition) is 1. The first-order valence-electron chi connectivity index (χ1n) is 7.50. The largest absolute Gasteiger partial charge is 0.494 e. The van der Waals surface area contributed by atoms with Gasteiger partial charge in [0.15, 0.2) is 0 Å². The second kappa shape index (κ2) is 9.38. The Morgan fingerprint density at radius 2 is 2.19 bits per heavy atom. The third-order valence-electron chi connectivity index (χ3n) is 3.31. The molecule has 0 fully saturated rings.